The van der Waals surface area contributed by atoms with Gasteiger partial charge < -0.3 is 59.8 Å². The zero-order valence-corrected chi connectivity index (χ0v) is 21.9. The fraction of sp³-hybridized carbons (Fsp3) is 0.370. The number of hydrogen-bond acceptors (Lipinski definition) is 14. The number of esters is 1. The highest BCUT2D eigenvalue weighted by Crippen LogP contribution is 2.44. The van der Waals surface area contributed by atoms with E-state index in [9.17, 15) is 55.2 Å². The molecule has 0 amide bonds. The number of phenols is 4. The Morgan fingerprint density at radius 2 is 1.60 bits per heavy atom. The predicted octanol–water partition coefficient (Wildman–Crippen LogP) is -0.0360. The number of aliphatic carboxylic acids is 1. The van der Waals surface area contributed by atoms with E-state index in [1.54, 1.807) is 0 Å². The van der Waals surface area contributed by atoms with Crippen molar-refractivity contribution >= 4 is 22.9 Å². The molecule has 0 spiro atoms. The molecule has 1 fully saturated rings. The van der Waals surface area contributed by atoms with Crippen LogP contribution in [-0.2, 0) is 19.1 Å². The number of hydrogen-bond donors (Lipinski definition) is 9. The van der Waals surface area contributed by atoms with Gasteiger partial charge in [-0.15, -0.1) is 0 Å². The van der Waals surface area contributed by atoms with Crippen LogP contribution in [0.15, 0.2) is 39.5 Å². The van der Waals surface area contributed by atoms with Crippen LogP contribution < -0.4 is 5.43 Å². The van der Waals surface area contributed by atoms with E-state index in [2.05, 4.69) is 0 Å². The first-order valence-corrected chi connectivity index (χ1v) is 12.4. The fourth-order valence-corrected chi connectivity index (χ4v) is 4.67. The largest absolute Gasteiger partial charge is 0.507 e. The molecule has 0 unspecified atom stereocenters. The zero-order chi connectivity index (χ0) is 31.1. The molecule has 1 aliphatic rings. The van der Waals surface area contributed by atoms with Crippen molar-refractivity contribution in [1.82, 2.24) is 0 Å². The number of rotatable bonds is 8. The monoisotopic (exact) mass is 592 g/mol. The number of carbonyl (C=O) groups is 2. The molecule has 6 atom stereocenters. The molecular formula is C27H28O15. The third-order valence-corrected chi connectivity index (χ3v) is 6.72. The van der Waals surface area contributed by atoms with Crippen LogP contribution in [-0.4, -0.2) is 94.5 Å². The zero-order valence-electron chi connectivity index (χ0n) is 21.9. The Labute approximate surface area is 235 Å². The van der Waals surface area contributed by atoms with E-state index in [0.717, 1.165) is 31.2 Å². The third-order valence-electron chi connectivity index (χ3n) is 6.72. The number of benzene rings is 2. The summed E-state index contributed by atoms with van der Waals surface area (Å²) in [5.74, 6) is -5.08. The maximum absolute atomic E-state index is 13.0. The smallest absolute Gasteiger partial charge is 0.308 e. The van der Waals surface area contributed by atoms with Crippen LogP contribution in [0.2, 0.25) is 0 Å². The van der Waals surface area contributed by atoms with Crippen LogP contribution >= 0.6 is 0 Å². The van der Waals surface area contributed by atoms with Gasteiger partial charge in [0, 0.05) is 17.7 Å². The van der Waals surface area contributed by atoms with E-state index in [0.29, 0.717) is 0 Å². The molecule has 1 aliphatic heterocycles. The lowest BCUT2D eigenvalue weighted by molar-refractivity contribution is -0.235. The van der Waals surface area contributed by atoms with Gasteiger partial charge in [-0.3, -0.25) is 14.4 Å². The number of fused-ring (bicyclic) bond motifs is 1. The van der Waals surface area contributed by atoms with Crippen molar-refractivity contribution in [3.8, 4) is 34.3 Å². The molecule has 15 heteroatoms. The maximum atomic E-state index is 13.0. The second-order valence-corrected chi connectivity index (χ2v) is 10.2. The Morgan fingerprint density at radius 1 is 0.905 bits per heavy atom. The van der Waals surface area contributed by atoms with Crippen molar-refractivity contribution in [1.29, 1.82) is 0 Å². The molecule has 1 aromatic heterocycles. The highest BCUT2D eigenvalue weighted by molar-refractivity contribution is 5.89. The van der Waals surface area contributed by atoms with Gasteiger partial charge in [0.15, 0.2) is 22.5 Å². The molecule has 0 saturated carbocycles. The summed E-state index contributed by atoms with van der Waals surface area (Å²) in [5, 5.41) is 90.9. The number of aromatic hydroxyl groups is 4. The first-order chi connectivity index (χ1) is 19.6. The summed E-state index contributed by atoms with van der Waals surface area (Å²) in [4.78, 5) is 36.1. The summed E-state index contributed by atoms with van der Waals surface area (Å²) < 4.78 is 16.5. The highest BCUT2D eigenvalue weighted by Gasteiger charge is 2.47. The van der Waals surface area contributed by atoms with E-state index in [1.165, 1.54) is 6.07 Å². The van der Waals surface area contributed by atoms with Crippen molar-refractivity contribution in [2.75, 3.05) is 6.61 Å². The highest BCUT2D eigenvalue weighted by atomic mass is 16.6. The quantitative estimate of drug-likeness (QED) is 0.123. The number of aliphatic hydroxyl groups excluding tert-OH is 3. The average molecular weight is 593 g/mol. The van der Waals surface area contributed by atoms with Crippen LogP contribution in [0, 0.1) is 0 Å². The van der Waals surface area contributed by atoms with Crippen LogP contribution in [0.3, 0.4) is 0 Å². The van der Waals surface area contributed by atoms with Crippen molar-refractivity contribution in [2.45, 2.75) is 55.9 Å². The summed E-state index contributed by atoms with van der Waals surface area (Å²) in [7, 11) is 0. The minimum absolute atomic E-state index is 0.0993. The lowest BCUT2D eigenvalue weighted by Gasteiger charge is -2.40. The minimum Gasteiger partial charge on any atom is -0.507 e. The van der Waals surface area contributed by atoms with Gasteiger partial charge in [-0.2, -0.15) is 0 Å². The van der Waals surface area contributed by atoms with Gasteiger partial charge in [-0.25, -0.2) is 0 Å². The van der Waals surface area contributed by atoms with Gasteiger partial charge in [-0.1, -0.05) is 0 Å². The molecule has 4 rings (SSSR count). The Hall–Kier alpha value is -4.41. The Balaban J connectivity index is 1.71. The van der Waals surface area contributed by atoms with Crippen molar-refractivity contribution in [3.63, 3.8) is 0 Å². The molecule has 42 heavy (non-hydrogen) atoms. The predicted molar refractivity (Wildman–Crippen MR) is 139 cm³/mol. The SMILES string of the molecule is C[C@@](O)(CC(=O)O)CC(=O)OC[C@H]1O[C@@H](c2c(O)cc(O)c3c(=O)cc(-c4ccc(O)c(O)c4)oc23)[C@H](O)[C@@H](O)[C@@H]1O. The number of phenolic OH excluding ortho intramolecular Hbond substituents is 4. The Morgan fingerprint density at radius 3 is 2.24 bits per heavy atom. The van der Waals surface area contributed by atoms with E-state index in [4.69, 9.17) is 19.0 Å². The number of ether oxygens (including phenoxy) is 2. The summed E-state index contributed by atoms with van der Waals surface area (Å²) in [5.41, 5.74) is -3.59. The van der Waals surface area contributed by atoms with Crippen LogP contribution in [0.5, 0.6) is 23.0 Å². The number of carbonyl (C=O) groups excluding carboxylic acids is 1. The molecule has 2 heterocycles. The molecule has 0 bridgehead atoms. The number of aliphatic hydroxyl groups is 4. The second kappa shape index (κ2) is 11.5. The first-order valence-electron chi connectivity index (χ1n) is 12.4. The van der Waals surface area contributed by atoms with E-state index < -0.39 is 112 Å². The third kappa shape index (κ3) is 6.09. The van der Waals surface area contributed by atoms with Crippen molar-refractivity contribution in [2.24, 2.45) is 0 Å². The second-order valence-electron chi connectivity index (χ2n) is 10.2. The van der Waals surface area contributed by atoms with Crippen molar-refractivity contribution in [3.05, 3.63) is 46.1 Å². The lowest BCUT2D eigenvalue weighted by atomic mass is 9.89. The maximum Gasteiger partial charge on any atom is 0.308 e. The molecule has 15 nitrogen and oxygen atoms in total. The molecule has 1 saturated heterocycles. The molecule has 0 aliphatic carbocycles. The lowest BCUT2D eigenvalue weighted by Crippen LogP contribution is -2.55. The van der Waals surface area contributed by atoms with Crippen LogP contribution in [0.4, 0.5) is 0 Å². The number of carboxylic acids is 1. The molecule has 3 aromatic rings. The fourth-order valence-electron chi connectivity index (χ4n) is 4.67. The van der Waals surface area contributed by atoms with E-state index in [-0.39, 0.29) is 11.3 Å². The first kappa shape index (κ1) is 30.5. The summed E-state index contributed by atoms with van der Waals surface area (Å²) in [6.07, 6.45) is -10.5. The Kier molecular flexibility index (Phi) is 8.34. The van der Waals surface area contributed by atoms with Gasteiger partial charge in [0.2, 0.25) is 0 Å². The van der Waals surface area contributed by atoms with Crippen molar-refractivity contribution < 1.29 is 69.4 Å². The number of carboxylic acid groups (broad SMARTS) is 1. The standard InChI is InChI=1S/C27H28O15/c1-27(39,7-18(33)34)8-19(35)40-9-17-22(36)23(37)24(38)26(42-17)21-14(31)5-13(30)20-15(32)6-16(41-25(20)21)10-2-3-11(28)12(29)4-10/h2-6,17,22-24,26,28-31,36-39H,7-9H2,1H3,(H,33,34)/t17-,22-,23+,24-,26+,27-/m1/s1. The summed E-state index contributed by atoms with van der Waals surface area (Å²) in [6, 6.07) is 5.23. The van der Waals surface area contributed by atoms with Crippen LogP contribution in [0.1, 0.15) is 31.4 Å². The topological polar surface area (TPSA) is 265 Å². The molecule has 226 valence electrons. The van der Waals surface area contributed by atoms with Gasteiger partial charge in [-0.05, 0) is 25.1 Å². The van der Waals surface area contributed by atoms with E-state index >= 15 is 0 Å². The van der Waals surface area contributed by atoms with Gasteiger partial charge in [0.25, 0.3) is 0 Å². The summed E-state index contributed by atoms with van der Waals surface area (Å²) in [6.45, 7) is 0.354. The Bertz CT molecular complexity index is 1580. The summed E-state index contributed by atoms with van der Waals surface area (Å²) >= 11 is 0. The molecular weight excluding hydrogens is 564 g/mol. The molecule has 9 N–H and O–H groups in total. The minimum atomic E-state index is -1.95. The van der Waals surface area contributed by atoms with Gasteiger partial charge in [0.05, 0.1) is 24.0 Å². The van der Waals surface area contributed by atoms with Gasteiger partial charge >= 0.3 is 11.9 Å². The average Bonchev–Trinajstić information content (AvgIpc) is 2.87. The van der Waals surface area contributed by atoms with Crippen LogP contribution in [0.25, 0.3) is 22.3 Å². The molecule has 2 aromatic carbocycles. The normalized spacial score (nSPS) is 23.8. The molecule has 0 radical (unpaired) electrons. The van der Waals surface area contributed by atoms with E-state index in [1.807, 2.05) is 0 Å². The van der Waals surface area contributed by atoms with Gasteiger partial charge in [0.1, 0.15) is 59.8 Å².